The van der Waals surface area contributed by atoms with Gasteiger partial charge < -0.3 is 9.80 Å². The second kappa shape index (κ2) is 4.92. The number of nitrogens with two attached hydrogens (primary N) is 1. The summed E-state index contributed by atoms with van der Waals surface area (Å²) in [6, 6.07) is 0. The average Bonchev–Trinajstić information content (AvgIpc) is 2.18. The number of hydrazine groups is 1. The highest BCUT2D eigenvalue weighted by Crippen LogP contribution is 2.01. The first kappa shape index (κ1) is 10.9. The highest BCUT2D eigenvalue weighted by Gasteiger charge is 2.20. The Balaban J connectivity index is 2.34. The molecule has 1 aliphatic rings. The normalized spacial score (nSPS) is 18.0. The SMILES string of the molecule is CN1CCN(C(=O)CC(=O)NN)CC1. The van der Waals surface area contributed by atoms with Crippen molar-refractivity contribution in [1.29, 1.82) is 0 Å². The Morgan fingerprint density at radius 2 is 1.86 bits per heavy atom. The van der Waals surface area contributed by atoms with Crippen LogP contribution < -0.4 is 11.3 Å². The molecule has 3 N–H and O–H groups in total. The number of rotatable bonds is 2. The van der Waals surface area contributed by atoms with E-state index >= 15 is 0 Å². The van der Waals surface area contributed by atoms with Gasteiger partial charge in [-0.15, -0.1) is 0 Å². The topological polar surface area (TPSA) is 78.7 Å². The molecule has 0 aromatic rings. The van der Waals surface area contributed by atoms with Gasteiger partial charge in [0, 0.05) is 26.2 Å². The van der Waals surface area contributed by atoms with Gasteiger partial charge in [0.05, 0.1) is 0 Å². The van der Waals surface area contributed by atoms with Crippen molar-refractivity contribution in [2.24, 2.45) is 5.84 Å². The predicted molar refractivity (Wildman–Crippen MR) is 51.0 cm³/mol. The van der Waals surface area contributed by atoms with Crippen molar-refractivity contribution in [3.05, 3.63) is 0 Å². The fourth-order valence-corrected chi connectivity index (χ4v) is 1.36. The zero-order valence-electron chi connectivity index (χ0n) is 8.32. The Bertz CT molecular complexity index is 223. The van der Waals surface area contributed by atoms with Gasteiger partial charge in [-0.05, 0) is 7.05 Å². The maximum atomic E-state index is 11.5. The van der Waals surface area contributed by atoms with Gasteiger partial charge in [0.1, 0.15) is 6.42 Å². The van der Waals surface area contributed by atoms with Gasteiger partial charge in [0.15, 0.2) is 0 Å². The molecule has 1 heterocycles. The van der Waals surface area contributed by atoms with Crippen LogP contribution in [0.3, 0.4) is 0 Å². The number of hydrogen-bond donors (Lipinski definition) is 2. The van der Waals surface area contributed by atoms with Gasteiger partial charge in [-0.2, -0.15) is 0 Å². The molecule has 0 atom stereocenters. The molecule has 6 heteroatoms. The summed E-state index contributed by atoms with van der Waals surface area (Å²) in [6.07, 6.45) is -0.153. The summed E-state index contributed by atoms with van der Waals surface area (Å²) in [7, 11) is 2.01. The Labute approximate surface area is 83.0 Å². The van der Waals surface area contributed by atoms with Crippen LogP contribution in [0.2, 0.25) is 0 Å². The summed E-state index contributed by atoms with van der Waals surface area (Å²) < 4.78 is 0. The molecule has 14 heavy (non-hydrogen) atoms. The second-order valence-electron chi connectivity index (χ2n) is 3.43. The molecule has 0 aromatic carbocycles. The molecule has 0 aliphatic carbocycles. The Morgan fingerprint density at radius 1 is 1.29 bits per heavy atom. The smallest absolute Gasteiger partial charge is 0.243 e. The third-order valence-electron chi connectivity index (χ3n) is 2.33. The summed E-state index contributed by atoms with van der Waals surface area (Å²) in [5.41, 5.74) is 1.95. The summed E-state index contributed by atoms with van der Waals surface area (Å²) in [6.45, 7) is 3.09. The van der Waals surface area contributed by atoms with E-state index in [0.29, 0.717) is 13.1 Å². The maximum absolute atomic E-state index is 11.5. The van der Waals surface area contributed by atoms with E-state index in [1.165, 1.54) is 0 Å². The molecule has 1 saturated heterocycles. The van der Waals surface area contributed by atoms with Gasteiger partial charge in [-0.25, -0.2) is 5.84 Å². The molecule has 6 nitrogen and oxygen atoms in total. The summed E-state index contributed by atoms with van der Waals surface area (Å²) in [5, 5.41) is 0. The number of likely N-dealkylation sites (N-methyl/N-ethyl adjacent to an activating group) is 1. The molecule has 1 rings (SSSR count). The van der Waals surface area contributed by atoms with E-state index in [1.807, 2.05) is 12.5 Å². The van der Waals surface area contributed by atoms with E-state index in [4.69, 9.17) is 5.84 Å². The zero-order valence-corrected chi connectivity index (χ0v) is 8.32. The first-order valence-corrected chi connectivity index (χ1v) is 4.59. The summed E-state index contributed by atoms with van der Waals surface area (Å²) in [4.78, 5) is 26.1. The third-order valence-corrected chi connectivity index (χ3v) is 2.33. The minimum Gasteiger partial charge on any atom is -0.340 e. The minimum atomic E-state index is -0.436. The van der Waals surface area contributed by atoms with Crippen LogP contribution in [0.5, 0.6) is 0 Å². The fourth-order valence-electron chi connectivity index (χ4n) is 1.36. The van der Waals surface area contributed by atoms with E-state index in [-0.39, 0.29) is 12.3 Å². The van der Waals surface area contributed by atoms with E-state index < -0.39 is 5.91 Å². The van der Waals surface area contributed by atoms with Crippen molar-refractivity contribution >= 4 is 11.8 Å². The first-order valence-electron chi connectivity index (χ1n) is 4.59. The van der Waals surface area contributed by atoms with Gasteiger partial charge >= 0.3 is 0 Å². The zero-order chi connectivity index (χ0) is 10.6. The number of nitrogens with zero attached hydrogens (tertiary/aromatic N) is 2. The molecule has 1 aliphatic heterocycles. The van der Waals surface area contributed by atoms with Gasteiger partial charge in [-0.3, -0.25) is 15.0 Å². The Hall–Kier alpha value is -1.14. The van der Waals surface area contributed by atoms with E-state index in [1.54, 1.807) is 4.90 Å². The van der Waals surface area contributed by atoms with Crippen LogP contribution in [0.4, 0.5) is 0 Å². The van der Waals surface area contributed by atoms with Crippen LogP contribution in [-0.2, 0) is 9.59 Å². The van der Waals surface area contributed by atoms with Crippen molar-refractivity contribution in [2.75, 3.05) is 33.2 Å². The predicted octanol–water partition coefficient (Wildman–Crippen LogP) is -1.86. The van der Waals surface area contributed by atoms with Crippen LogP contribution in [0.25, 0.3) is 0 Å². The Morgan fingerprint density at radius 3 is 2.36 bits per heavy atom. The molecular formula is C8H16N4O2. The van der Waals surface area contributed by atoms with Gasteiger partial charge in [0.25, 0.3) is 0 Å². The summed E-state index contributed by atoms with van der Waals surface area (Å²) in [5.74, 6) is 4.31. The van der Waals surface area contributed by atoms with Crippen molar-refractivity contribution in [2.45, 2.75) is 6.42 Å². The second-order valence-corrected chi connectivity index (χ2v) is 3.43. The molecule has 80 valence electrons. The molecule has 2 amide bonds. The number of carbonyl (C=O) groups excluding carboxylic acids is 2. The molecule has 0 aromatic heterocycles. The lowest BCUT2D eigenvalue weighted by molar-refractivity contribution is -0.137. The summed E-state index contributed by atoms with van der Waals surface area (Å²) >= 11 is 0. The van der Waals surface area contributed by atoms with Crippen molar-refractivity contribution in [3.63, 3.8) is 0 Å². The maximum Gasteiger partial charge on any atom is 0.243 e. The number of amides is 2. The van der Waals surface area contributed by atoms with Crippen molar-refractivity contribution in [3.8, 4) is 0 Å². The number of nitrogens with one attached hydrogen (secondary N) is 1. The van der Waals surface area contributed by atoms with E-state index in [2.05, 4.69) is 4.90 Å². The van der Waals surface area contributed by atoms with E-state index in [0.717, 1.165) is 13.1 Å². The standard InChI is InChI=1S/C8H16N4O2/c1-11-2-4-12(5-3-11)8(14)6-7(13)10-9/h2-6,9H2,1H3,(H,10,13). The van der Waals surface area contributed by atoms with E-state index in [9.17, 15) is 9.59 Å². The van der Waals surface area contributed by atoms with Gasteiger partial charge in [-0.1, -0.05) is 0 Å². The highest BCUT2D eigenvalue weighted by atomic mass is 16.2. The molecule has 0 unspecified atom stereocenters. The van der Waals surface area contributed by atoms with Crippen LogP contribution >= 0.6 is 0 Å². The minimum absolute atomic E-state index is 0.152. The molecule has 1 fully saturated rings. The third kappa shape index (κ3) is 2.97. The lowest BCUT2D eigenvalue weighted by atomic mass is 10.3. The fraction of sp³-hybridized carbons (Fsp3) is 0.750. The van der Waals surface area contributed by atoms with Crippen LogP contribution in [0, 0.1) is 0 Å². The average molecular weight is 200 g/mol. The Kier molecular flexibility index (Phi) is 3.84. The van der Waals surface area contributed by atoms with Crippen LogP contribution in [-0.4, -0.2) is 54.8 Å². The number of piperazine rings is 1. The molecule has 0 radical (unpaired) electrons. The highest BCUT2D eigenvalue weighted by molar-refractivity contribution is 5.96. The quantitative estimate of drug-likeness (QED) is 0.237. The van der Waals surface area contributed by atoms with Crippen LogP contribution in [0.15, 0.2) is 0 Å². The lowest BCUT2D eigenvalue weighted by Crippen LogP contribution is -2.48. The monoisotopic (exact) mass is 200 g/mol. The number of carbonyl (C=O) groups is 2. The largest absolute Gasteiger partial charge is 0.340 e. The molecular weight excluding hydrogens is 184 g/mol. The van der Waals surface area contributed by atoms with Crippen LogP contribution in [0.1, 0.15) is 6.42 Å². The van der Waals surface area contributed by atoms with Gasteiger partial charge in [0.2, 0.25) is 11.8 Å². The molecule has 0 bridgehead atoms. The van der Waals surface area contributed by atoms with Crippen molar-refractivity contribution in [1.82, 2.24) is 15.2 Å². The first-order chi connectivity index (χ1) is 6.63. The van der Waals surface area contributed by atoms with Crippen molar-refractivity contribution < 1.29 is 9.59 Å². The molecule has 0 saturated carbocycles. The lowest BCUT2D eigenvalue weighted by Gasteiger charge is -2.32. The number of hydrogen-bond acceptors (Lipinski definition) is 4. The molecule has 0 spiro atoms.